The standard InChI is InChI=1S/C12H15N5O/c18-12(11-4-6-13-15-11)16-7-1-3-10(9-16)17-8-2-5-14-17/h2,4-6,8,10H,1,3,7,9H2,(H,13,15)/t10-/m1/s1. The number of H-pyrrole nitrogens is 1. The third-order valence-electron chi connectivity index (χ3n) is 3.31. The van der Waals surface area contributed by atoms with E-state index in [0.717, 1.165) is 19.4 Å². The highest BCUT2D eigenvalue weighted by molar-refractivity contribution is 5.92. The van der Waals surface area contributed by atoms with Gasteiger partial charge < -0.3 is 4.90 Å². The van der Waals surface area contributed by atoms with Gasteiger partial charge in [0.2, 0.25) is 0 Å². The van der Waals surface area contributed by atoms with Crippen molar-refractivity contribution < 1.29 is 4.79 Å². The summed E-state index contributed by atoms with van der Waals surface area (Å²) in [5.41, 5.74) is 0.552. The molecule has 0 saturated carbocycles. The van der Waals surface area contributed by atoms with E-state index in [0.29, 0.717) is 12.2 Å². The predicted molar refractivity (Wildman–Crippen MR) is 65.0 cm³/mol. The highest BCUT2D eigenvalue weighted by Crippen LogP contribution is 2.21. The molecule has 0 aliphatic carbocycles. The first-order valence-electron chi connectivity index (χ1n) is 6.12. The van der Waals surface area contributed by atoms with Crippen molar-refractivity contribution in [2.24, 2.45) is 0 Å². The van der Waals surface area contributed by atoms with Crippen molar-refractivity contribution in [2.75, 3.05) is 13.1 Å². The smallest absolute Gasteiger partial charge is 0.271 e. The molecule has 94 valence electrons. The fourth-order valence-corrected chi connectivity index (χ4v) is 2.40. The zero-order valence-electron chi connectivity index (χ0n) is 9.99. The van der Waals surface area contributed by atoms with Crippen LogP contribution in [0.3, 0.4) is 0 Å². The molecule has 2 aromatic heterocycles. The molecule has 0 unspecified atom stereocenters. The van der Waals surface area contributed by atoms with Crippen molar-refractivity contribution in [3.05, 3.63) is 36.4 Å². The summed E-state index contributed by atoms with van der Waals surface area (Å²) in [5.74, 6) is 0.0179. The summed E-state index contributed by atoms with van der Waals surface area (Å²) >= 11 is 0. The number of nitrogens with zero attached hydrogens (tertiary/aromatic N) is 4. The van der Waals surface area contributed by atoms with E-state index >= 15 is 0 Å². The van der Waals surface area contributed by atoms with E-state index in [-0.39, 0.29) is 11.9 Å². The van der Waals surface area contributed by atoms with Crippen LogP contribution in [0.15, 0.2) is 30.7 Å². The van der Waals surface area contributed by atoms with Crippen LogP contribution >= 0.6 is 0 Å². The highest BCUT2D eigenvalue weighted by atomic mass is 16.2. The van der Waals surface area contributed by atoms with E-state index in [2.05, 4.69) is 15.3 Å². The number of aromatic nitrogens is 4. The van der Waals surface area contributed by atoms with Gasteiger partial charge in [0, 0.05) is 31.7 Å². The summed E-state index contributed by atoms with van der Waals surface area (Å²) in [4.78, 5) is 14.1. The Labute approximate surface area is 105 Å². The SMILES string of the molecule is O=C(c1ccn[nH]1)N1CCC[C@@H](n2cccn2)C1. The van der Waals surface area contributed by atoms with E-state index in [9.17, 15) is 4.79 Å². The Balaban J connectivity index is 1.73. The molecular formula is C12H15N5O. The normalized spacial score (nSPS) is 20.0. The summed E-state index contributed by atoms with van der Waals surface area (Å²) in [6, 6.07) is 3.90. The summed E-state index contributed by atoms with van der Waals surface area (Å²) in [5, 5.41) is 10.8. The second-order valence-electron chi connectivity index (χ2n) is 4.50. The summed E-state index contributed by atoms with van der Waals surface area (Å²) in [6.45, 7) is 1.51. The lowest BCUT2D eigenvalue weighted by Gasteiger charge is -2.32. The van der Waals surface area contributed by atoms with Gasteiger partial charge in [0.15, 0.2) is 0 Å². The lowest BCUT2D eigenvalue weighted by Crippen LogP contribution is -2.41. The van der Waals surface area contributed by atoms with E-state index in [1.807, 2.05) is 21.8 Å². The van der Waals surface area contributed by atoms with Crippen molar-refractivity contribution in [3.8, 4) is 0 Å². The van der Waals surface area contributed by atoms with Gasteiger partial charge in [-0.15, -0.1) is 0 Å². The molecule has 6 heteroatoms. The summed E-state index contributed by atoms with van der Waals surface area (Å²) in [7, 11) is 0. The first-order chi connectivity index (χ1) is 8.84. The minimum absolute atomic E-state index is 0.0179. The fourth-order valence-electron chi connectivity index (χ4n) is 2.40. The number of aromatic amines is 1. The topological polar surface area (TPSA) is 66.8 Å². The van der Waals surface area contributed by atoms with Crippen LogP contribution in [0.5, 0.6) is 0 Å². The van der Waals surface area contributed by atoms with Gasteiger partial charge in [-0.05, 0) is 25.0 Å². The van der Waals surface area contributed by atoms with Gasteiger partial charge in [0.1, 0.15) is 5.69 Å². The third kappa shape index (κ3) is 2.01. The van der Waals surface area contributed by atoms with E-state index < -0.39 is 0 Å². The first kappa shape index (κ1) is 11.0. The van der Waals surface area contributed by atoms with Crippen LogP contribution in [0.25, 0.3) is 0 Å². The van der Waals surface area contributed by atoms with Gasteiger partial charge in [0.05, 0.1) is 6.04 Å². The van der Waals surface area contributed by atoms with Gasteiger partial charge in [-0.1, -0.05) is 0 Å². The number of nitrogens with one attached hydrogen (secondary N) is 1. The van der Waals surface area contributed by atoms with E-state index in [1.54, 1.807) is 18.5 Å². The number of amides is 1. The van der Waals surface area contributed by atoms with Crippen molar-refractivity contribution in [1.82, 2.24) is 24.9 Å². The Morgan fingerprint density at radius 2 is 2.39 bits per heavy atom. The molecule has 18 heavy (non-hydrogen) atoms. The number of hydrogen-bond donors (Lipinski definition) is 1. The second-order valence-corrected chi connectivity index (χ2v) is 4.50. The van der Waals surface area contributed by atoms with Crippen molar-refractivity contribution in [1.29, 1.82) is 0 Å². The Hall–Kier alpha value is -2.11. The number of likely N-dealkylation sites (tertiary alicyclic amines) is 1. The molecule has 0 radical (unpaired) electrons. The second kappa shape index (κ2) is 4.64. The van der Waals surface area contributed by atoms with E-state index in [4.69, 9.17) is 0 Å². The first-order valence-corrected chi connectivity index (χ1v) is 6.12. The lowest BCUT2D eigenvalue weighted by molar-refractivity contribution is 0.0667. The molecule has 2 aromatic rings. The number of rotatable bonds is 2. The Bertz CT molecular complexity index is 505. The molecule has 1 amide bonds. The molecule has 0 aromatic carbocycles. The number of piperidine rings is 1. The number of carbonyl (C=O) groups excluding carboxylic acids is 1. The molecular weight excluding hydrogens is 230 g/mol. The summed E-state index contributed by atoms with van der Waals surface area (Å²) < 4.78 is 1.94. The van der Waals surface area contributed by atoms with Crippen LogP contribution < -0.4 is 0 Å². The van der Waals surface area contributed by atoms with Gasteiger partial charge in [-0.2, -0.15) is 10.2 Å². The van der Waals surface area contributed by atoms with Crippen molar-refractivity contribution in [2.45, 2.75) is 18.9 Å². The molecule has 1 fully saturated rings. The molecule has 0 spiro atoms. The molecule has 3 rings (SSSR count). The zero-order chi connectivity index (χ0) is 12.4. The van der Waals surface area contributed by atoms with Crippen LogP contribution in [0.1, 0.15) is 29.4 Å². The van der Waals surface area contributed by atoms with Gasteiger partial charge in [0.25, 0.3) is 5.91 Å². The zero-order valence-corrected chi connectivity index (χ0v) is 9.99. The number of hydrogen-bond acceptors (Lipinski definition) is 3. The Morgan fingerprint density at radius 3 is 3.11 bits per heavy atom. The minimum atomic E-state index is 0.0179. The maximum absolute atomic E-state index is 12.2. The minimum Gasteiger partial charge on any atom is -0.335 e. The monoisotopic (exact) mass is 245 g/mol. The predicted octanol–water partition coefficient (Wildman–Crippen LogP) is 1.08. The highest BCUT2D eigenvalue weighted by Gasteiger charge is 2.26. The van der Waals surface area contributed by atoms with Gasteiger partial charge in [-0.25, -0.2) is 0 Å². The molecule has 0 bridgehead atoms. The van der Waals surface area contributed by atoms with Crippen LogP contribution in [-0.2, 0) is 0 Å². The quantitative estimate of drug-likeness (QED) is 0.861. The maximum Gasteiger partial charge on any atom is 0.271 e. The largest absolute Gasteiger partial charge is 0.335 e. The van der Waals surface area contributed by atoms with E-state index in [1.165, 1.54) is 0 Å². The third-order valence-corrected chi connectivity index (χ3v) is 3.31. The van der Waals surface area contributed by atoms with Crippen molar-refractivity contribution in [3.63, 3.8) is 0 Å². The fraction of sp³-hybridized carbons (Fsp3) is 0.417. The van der Waals surface area contributed by atoms with Crippen LogP contribution in [0, 0.1) is 0 Å². The molecule has 1 N–H and O–H groups in total. The van der Waals surface area contributed by atoms with Gasteiger partial charge >= 0.3 is 0 Å². The lowest BCUT2D eigenvalue weighted by atomic mass is 10.1. The molecule has 1 saturated heterocycles. The van der Waals surface area contributed by atoms with Crippen LogP contribution in [0.2, 0.25) is 0 Å². The molecule has 1 aliphatic rings. The number of carbonyl (C=O) groups is 1. The average molecular weight is 245 g/mol. The molecule has 1 atom stereocenters. The Morgan fingerprint density at radius 1 is 1.44 bits per heavy atom. The van der Waals surface area contributed by atoms with Crippen LogP contribution in [-0.4, -0.2) is 43.9 Å². The molecule has 3 heterocycles. The maximum atomic E-state index is 12.2. The van der Waals surface area contributed by atoms with Crippen molar-refractivity contribution >= 4 is 5.91 Å². The average Bonchev–Trinajstić information content (AvgIpc) is 3.11. The molecule has 1 aliphatic heterocycles. The molecule has 6 nitrogen and oxygen atoms in total. The van der Waals surface area contributed by atoms with Gasteiger partial charge in [-0.3, -0.25) is 14.6 Å². The Kier molecular flexibility index (Phi) is 2.84. The summed E-state index contributed by atoms with van der Waals surface area (Å²) in [6.07, 6.45) is 7.39. The van der Waals surface area contributed by atoms with Crippen LogP contribution in [0.4, 0.5) is 0 Å².